The van der Waals surface area contributed by atoms with E-state index in [1.807, 2.05) is 60.7 Å². The van der Waals surface area contributed by atoms with E-state index in [0.29, 0.717) is 0 Å². The van der Waals surface area contributed by atoms with Crippen molar-refractivity contribution in [3.8, 4) is 0 Å². The first-order valence-corrected chi connectivity index (χ1v) is 6.98. The lowest BCUT2D eigenvalue weighted by atomic mass is 9.94. The van der Waals surface area contributed by atoms with Crippen molar-refractivity contribution in [1.29, 1.82) is 0 Å². The van der Waals surface area contributed by atoms with Crippen LogP contribution in [0.25, 0.3) is 10.9 Å². The van der Waals surface area contributed by atoms with Gasteiger partial charge in [0.25, 0.3) is 0 Å². The highest BCUT2D eigenvalue weighted by Gasteiger charge is 2.22. The summed E-state index contributed by atoms with van der Waals surface area (Å²) < 4.78 is 5.65. The number of hydrogen-bond donors (Lipinski definition) is 1. The van der Waals surface area contributed by atoms with Crippen LogP contribution >= 0.6 is 0 Å². The second-order valence-corrected chi connectivity index (χ2v) is 5.02. The van der Waals surface area contributed by atoms with E-state index in [2.05, 4.69) is 4.98 Å². The van der Waals surface area contributed by atoms with Crippen molar-refractivity contribution in [3.05, 3.63) is 78.0 Å². The van der Waals surface area contributed by atoms with Gasteiger partial charge in [0.05, 0.1) is 11.6 Å². The van der Waals surface area contributed by atoms with E-state index in [4.69, 9.17) is 10.5 Å². The van der Waals surface area contributed by atoms with Crippen molar-refractivity contribution in [2.75, 3.05) is 7.11 Å². The fourth-order valence-corrected chi connectivity index (χ4v) is 2.69. The number of rotatable bonds is 4. The Kier molecular flexibility index (Phi) is 3.95. The van der Waals surface area contributed by atoms with Crippen LogP contribution in [0, 0.1) is 0 Å². The number of para-hydroxylation sites is 1. The molecule has 0 radical (unpaired) electrons. The third-order valence-corrected chi connectivity index (χ3v) is 3.73. The van der Waals surface area contributed by atoms with E-state index in [9.17, 15) is 0 Å². The first-order valence-electron chi connectivity index (χ1n) is 6.98. The van der Waals surface area contributed by atoms with Gasteiger partial charge in [0, 0.05) is 18.7 Å². The number of nitrogens with two attached hydrogens (primary N) is 1. The molecule has 2 N–H and O–H groups in total. The SMILES string of the molecule is COC(c1ccccc1)C(N)c1cccc2cccnc12. The Labute approximate surface area is 124 Å². The highest BCUT2D eigenvalue weighted by Crippen LogP contribution is 2.32. The quantitative estimate of drug-likeness (QED) is 0.793. The van der Waals surface area contributed by atoms with Crippen LogP contribution in [-0.2, 0) is 4.74 Å². The molecule has 0 aliphatic rings. The number of pyridine rings is 1. The zero-order valence-electron chi connectivity index (χ0n) is 11.9. The van der Waals surface area contributed by atoms with Gasteiger partial charge >= 0.3 is 0 Å². The largest absolute Gasteiger partial charge is 0.375 e. The summed E-state index contributed by atoms with van der Waals surface area (Å²) >= 11 is 0. The van der Waals surface area contributed by atoms with E-state index in [1.54, 1.807) is 13.3 Å². The second kappa shape index (κ2) is 6.04. The topological polar surface area (TPSA) is 48.1 Å². The Morgan fingerprint density at radius 3 is 2.48 bits per heavy atom. The van der Waals surface area contributed by atoms with Gasteiger partial charge in [-0.25, -0.2) is 0 Å². The molecule has 0 fully saturated rings. The molecule has 0 aliphatic heterocycles. The van der Waals surface area contributed by atoms with E-state index < -0.39 is 0 Å². The van der Waals surface area contributed by atoms with Gasteiger partial charge in [-0.05, 0) is 17.2 Å². The number of hydrogen-bond acceptors (Lipinski definition) is 3. The molecule has 3 rings (SSSR count). The molecule has 3 nitrogen and oxygen atoms in total. The summed E-state index contributed by atoms with van der Waals surface area (Å²) in [5.74, 6) is 0. The average Bonchev–Trinajstić information content (AvgIpc) is 2.56. The van der Waals surface area contributed by atoms with Gasteiger partial charge in [0.1, 0.15) is 6.10 Å². The number of ether oxygens (including phenoxy) is 1. The lowest BCUT2D eigenvalue weighted by Crippen LogP contribution is -2.21. The Morgan fingerprint density at radius 2 is 1.71 bits per heavy atom. The van der Waals surface area contributed by atoms with Gasteiger partial charge in [-0.2, -0.15) is 0 Å². The lowest BCUT2D eigenvalue weighted by molar-refractivity contribution is 0.0805. The number of methoxy groups -OCH3 is 1. The fraction of sp³-hybridized carbons (Fsp3) is 0.167. The Balaban J connectivity index is 2.05. The van der Waals surface area contributed by atoms with Crippen LogP contribution in [0.5, 0.6) is 0 Å². The maximum absolute atomic E-state index is 6.48. The molecular formula is C18H18N2O. The first kappa shape index (κ1) is 13.7. The van der Waals surface area contributed by atoms with Gasteiger partial charge in [-0.1, -0.05) is 54.6 Å². The zero-order valence-corrected chi connectivity index (χ0v) is 11.9. The molecule has 21 heavy (non-hydrogen) atoms. The summed E-state index contributed by atoms with van der Waals surface area (Å²) in [5.41, 5.74) is 9.49. The molecule has 0 bridgehead atoms. The molecule has 0 spiro atoms. The highest BCUT2D eigenvalue weighted by atomic mass is 16.5. The molecule has 3 heteroatoms. The van der Waals surface area contributed by atoms with Crippen LogP contribution < -0.4 is 5.73 Å². The Morgan fingerprint density at radius 1 is 0.952 bits per heavy atom. The van der Waals surface area contributed by atoms with Gasteiger partial charge in [0.15, 0.2) is 0 Å². The summed E-state index contributed by atoms with van der Waals surface area (Å²) in [7, 11) is 1.69. The number of nitrogens with zero attached hydrogens (tertiary/aromatic N) is 1. The van der Waals surface area contributed by atoms with E-state index >= 15 is 0 Å². The molecule has 0 saturated heterocycles. The fourth-order valence-electron chi connectivity index (χ4n) is 2.69. The molecule has 0 saturated carbocycles. The molecule has 2 aromatic carbocycles. The summed E-state index contributed by atoms with van der Waals surface area (Å²) in [6, 6.07) is 19.8. The standard InChI is InChI=1S/C18H18N2O/c1-21-18(14-7-3-2-4-8-14)16(19)15-11-5-9-13-10-6-12-20-17(13)15/h2-12,16,18H,19H2,1H3. The maximum atomic E-state index is 6.48. The zero-order chi connectivity index (χ0) is 14.7. The van der Waals surface area contributed by atoms with Crippen molar-refractivity contribution >= 4 is 10.9 Å². The predicted octanol–water partition coefficient (Wildman–Crippen LogP) is 3.62. The van der Waals surface area contributed by atoms with Crippen molar-refractivity contribution in [1.82, 2.24) is 4.98 Å². The third-order valence-electron chi connectivity index (χ3n) is 3.73. The smallest absolute Gasteiger partial charge is 0.101 e. The lowest BCUT2D eigenvalue weighted by Gasteiger charge is -2.24. The van der Waals surface area contributed by atoms with Gasteiger partial charge < -0.3 is 10.5 Å². The van der Waals surface area contributed by atoms with Crippen molar-refractivity contribution < 1.29 is 4.74 Å². The average molecular weight is 278 g/mol. The molecule has 3 aromatic rings. The van der Waals surface area contributed by atoms with E-state index in [0.717, 1.165) is 22.0 Å². The van der Waals surface area contributed by atoms with Crippen LogP contribution in [0.2, 0.25) is 0 Å². The number of benzene rings is 2. The van der Waals surface area contributed by atoms with Gasteiger partial charge in [0.2, 0.25) is 0 Å². The molecule has 2 unspecified atom stereocenters. The molecule has 1 heterocycles. The minimum absolute atomic E-state index is 0.196. The maximum Gasteiger partial charge on any atom is 0.101 e. The molecule has 1 aromatic heterocycles. The van der Waals surface area contributed by atoms with E-state index in [1.165, 1.54) is 0 Å². The molecule has 0 aliphatic carbocycles. The summed E-state index contributed by atoms with van der Waals surface area (Å²) in [4.78, 5) is 4.48. The minimum Gasteiger partial charge on any atom is -0.375 e. The Hall–Kier alpha value is -2.23. The third kappa shape index (κ3) is 2.66. The van der Waals surface area contributed by atoms with Crippen molar-refractivity contribution in [2.24, 2.45) is 5.73 Å². The molecule has 106 valence electrons. The highest BCUT2D eigenvalue weighted by molar-refractivity contribution is 5.82. The summed E-state index contributed by atoms with van der Waals surface area (Å²) in [6.45, 7) is 0. The number of fused-ring (bicyclic) bond motifs is 1. The van der Waals surface area contributed by atoms with E-state index in [-0.39, 0.29) is 12.1 Å². The van der Waals surface area contributed by atoms with Crippen molar-refractivity contribution in [3.63, 3.8) is 0 Å². The van der Waals surface area contributed by atoms with Gasteiger partial charge in [-0.3, -0.25) is 4.98 Å². The monoisotopic (exact) mass is 278 g/mol. The van der Waals surface area contributed by atoms with Crippen LogP contribution in [0.3, 0.4) is 0 Å². The van der Waals surface area contributed by atoms with Crippen molar-refractivity contribution in [2.45, 2.75) is 12.1 Å². The van der Waals surface area contributed by atoms with Crippen LogP contribution in [0.15, 0.2) is 66.9 Å². The minimum atomic E-state index is -0.268. The Bertz CT molecular complexity index is 722. The second-order valence-electron chi connectivity index (χ2n) is 5.02. The predicted molar refractivity (Wildman–Crippen MR) is 84.9 cm³/mol. The summed E-state index contributed by atoms with van der Waals surface area (Å²) in [5, 5.41) is 1.09. The summed E-state index contributed by atoms with van der Waals surface area (Å²) in [6.07, 6.45) is 1.60. The molecular weight excluding hydrogens is 260 g/mol. The van der Waals surface area contributed by atoms with Crippen LogP contribution in [0.1, 0.15) is 23.3 Å². The molecule has 2 atom stereocenters. The first-order chi connectivity index (χ1) is 10.3. The van der Waals surface area contributed by atoms with Gasteiger partial charge in [-0.15, -0.1) is 0 Å². The molecule has 0 amide bonds. The normalized spacial score (nSPS) is 14.0. The van der Waals surface area contributed by atoms with Crippen LogP contribution in [0.4, 0.5) is 0 Å². The number of aromatic nitrogens is 1. The van der Waals surface area contributed by atoms with Crippen LogP contribution in [-0.4, -0.2) is 12.1 Å².